The maximum absolute atomic E-state index is 13.3. The summed E-state index contributed by atoms with van der Waals surface area (Å²) in [5.41, 5.74) is 1.17. The fourth-order valence-electron chi connectivity index (χ4n) is 2.39. The van der Waals surface area contributed by atoms with Crippen LogP contribution in [0.1, 0.15) is 32.8 Å². The first-order valence-electron chi connectivity index (χ1n) is 7.50. The van der Waals surface area contributed by atoms with Crippen LogP contribution in [-0.2, 0) is 6.42 Å². The Hall–Kier alpha value is -0.450. The minimum Gasteiger partial charge on any atom is -0.314 e. The molecule has 1 aromatic carbocycles. The first kappa shape index (κ1) is 17.6. The minimum atomic E-state index is -0.197. The predicted molar refractivity (Wildman–Crippen MR) is 87.7 cm³/mol. The van der Waals surface area contributed by atoms with Crippen molar-refractivity contribution in [3.8, 4) is 0 Å². The molecule has 2 nitrogen and oxygen atoms in total. The second-order valence-electron chi connectivity index (χ2n) is 5.02. The van der Waals surface area contributed by atoms with E-state index in [-0.39, 0.29) is 5.82 Å². The lowest BCUT2D eigenvalue weighted by molar-refractivity contribution is 0.281. The molecular weight excluding hydrogens is 319 g/mol. The largest absolute Gasteiger partial charge is 0.314 e. The summed E-state index contributed by atoms with van der Waals surface area (Å²) in [6.07, 6.45) is 2.05. The van der Waals surface area contributed by atoms with Crippen LogP contribution in [0.3, 0.4) is 0 Å². The number of nitrogens with one attached hydrogen (secondary N) is 1. The van der Waals surface area contributed by atoms with Crippen LogP contribution in [0.15, 0.2) is 22.7 Å². The highest BCUT2D eigenvalue weighted by atomic mass is 79.9. The zero-order chi connectivity index (χ0) is 15.0. The Bertz CT molecular complexity index is 394. The summed E-state index contributed by atoms with van der Waals surface area (Å²) in [6.45, 7) is 10.8. The molecule has 0 amide bonds. The third-order valence-electron chi connectivity index (χ3n) is 3.65. The topological polar surface area (TPSA) is 15.3 Å². The summed E-state index contributed by atoms with van der Waals surface area (Å²) < 4.78 is 13.8. The molecule has 20 heavy (non-hydrogen) atoms. The fraction of sp³-hybridized carbons (Fsp3) is 0.625. The molecule has 0 saturated heterocycles. The van der Waals surface area contributed by atoms with Gasteiger partial charge in [0.25, 0.3) is 0 Å². The molecule has 1 unspecified atom stereocenters. The van der Waals surface area contributed by atoms with Crippen LogP contribution in [0, 0.1) is 5.82 Å². The van der Waals surface area contributed by atoms with Crippen molar-refractivity contribution in [3.05, 3.63) is 34.1 Å². The standard InChI is InChI=1S/C16H26BrFN2/c1-4-19-14(9-10-20(5-2)6-3)11-13-7-8-16(18)15(17)12-13/h7-8,12,14,19H,4-6,9-11H2,1-3H3. The molecule has 0 saturated carbocycles. The molecule has 1 N–H and O–H groups in total. The van der Waals surface area contributed by atoms with Crippen molar-refractivity contribution in [2.24, 2.45) is 0 Å². The van der Waals surface area contributed by atoms with E-state index in [4.69, 9.17) is 0 Å². The van der Waals surface area contributed by atoms with E-state index in [9.17, 15) is 4.39 Å². The molecular formula is C16H26BrFN2. The van der Waals surface area contributed by atoms with E-state index in [1.807, 2.05) is 12.1 Å². The summed E-state index contributed by atoms with van der Waals surface area (Å²) in [5, 5.41) is 3.53. The summed E-state index contributed by atoms with van der Waals surface area (Å²) >= 11 is 3.26. The first-order valence-corrected chi connectivity index (χ1v) is 8.29. The van der Waals surface area contributed by atoms with Crippen molar-refractivity contribution in [2.75, 3.05) is 26.2 Å². The van der Waals surface area contributed by atoms with Gasteiger partial charge in [0, 0.05) is 6.04 Å². The average molecular weight is 345 g/mol. The van der Waals surface area contributed by atoms with Gasteiger partial charge < -0.3 is 10.2 Å². The monoisotopic (exact) mass is 344 g/mol. The van der Waals surface area contributed by atoms with Gasteiger partial charge in [-0.1, -0.05) is 26.8 Å². The lowest BCUT2D eigenvalue weighted by Crippen LogP contribution is -2.35. The van der Waals surface area contributed by atoms with E-state index in [1.54, 1.807) is 0 Å². The van der Waals surface area contributed by atoms with Gasteiger partial charge >= 0.3 is 0 Å². The zero-order valence-electron chi connectivity index (χ0n) is 12.8. The van der Waals surface area contributed by atoms with Gasteiger partial charge in [0.05, 0.1) is 4.47 Å². The number of rotatable bonds is 9. The minimum absolute atomic E-state index is 0.197. The Labute approximate surface area is 130 Å². The van der Waals surface area contributed by atoms with Gasteiger partial charge in [-0.05, 0) is 72.6 Å². The second kappa shape index (κ2) is 9.48. The fourth-order valence-corrected chi connectivity index (χ4v) is 2.82. The zero-order valence-corrected chi connectivity index (χ0v) is 14.3. The highest BCUT2D eigenvalue weighted by Crippen LogP contribution is 2.18. The van der Waals surface area contributed by atoms with E-state index < -0.39 is 0 Å². The van der Waals surface area contributed by atoms with Crippen LogP contribution in [0.5, 0.6) is 0 Å². The second-order valence-corrected chi connectivity index (χ2v) is 5.88. The quantitative estimate of drug-likeness (QED) is 0.732. The third-order valence-corrected chi connectivity index (χ3v) is 4.25. The van der Waals surface area contributed by atoms with Crippen LogP contribution in [0.2, 0.25) is 0 Å². The van der Waals surface area contributed by atoms with E-state index >= 15 is 0 Å². The van der Waals surface area contributed by atoms with Gasteiger partial charge in [0.2, 0.25) is 0 Å². The molecule has 0 heterocycles. The number of benzene rings is 1. The molecule has 0 aliphatic carbocycles. The lowest BCUT2D eigenvalue weighted by atomic mass is 10.0. The van der Waals surface area contributed by atoms with Crippen LogP contribution in [-0.4, -0.2) is 37.1 Å². The first-order chi connectivity index (χ1) is 9.60. The number of halogens is 2. The van der Waals surface area contributed by atoms with Crippen molar-refractivity contribution >= 4 is 15.9 Å². The highest BCUT2D eigenvalue weighted by Gasteiger charge is 2.11. The van der Waals surface area contributed by atoms with Crippen LogP contribution in [0.25, 0.3) is 0 Å². The average Bonchev–Trinajstić information content (AvgIpc) is 2.44. The lowest BCUT2D eigenvalue weighted by Gasteiger charge is -2.23. The summed E-state index contributed by atoms with van der Waals surface area (Å²) in [7, 11) is 0. The Balaban J connectivity index is 2.59. The van der Waals surface area contributed by atoms with Crippen LogP contribution < -0.4 is 5.32 Å². The summed E-state index contributed by atoms with van der Waals surface area (Å²) in [6, 6.07) is 5.74. The third kappa shape index (κ3) is 5.90. The van der Waals surface area contributed by atoms with Gasteiger partial charge in [-0.2, -0.15) is 0 Å². The Morgan fingerprint density at radius 2 is 1.95 bits per heavy atom. The summed E-state index contributed by atoms with van der Waals surface area (Å²) in [4.78, 5) is 2.44. The molecule has 0 aromatic heterocycles. The van der Waals surface area contributed by atoms with Crippen molar-refractivity contribution in [2.45, 2.75) is 39.7 Å². The van der Waals surface area contributed by atoms with E-state index in [1.165, 1.54) is 11.6 Å². The summed E-state index contributed by atoms with van der Waals surface area (Å²) in [5.74, 6) is -0.197. The van der Waals surface area contributed by atoms with Crippen molar-refractivity contribution in [1.82, 2.24) is 10.2 Å². The normalized spacial score (nSPS) is 12.9. The molecule has 4 heteroatoms. The Morgan fingerprint density at radius 3 is 2.50 bits per heavy atom. The van der Waals surface area contributed by atoms with Crippen molar-refractivity contribution in [1.29, 1.82) is 0 Å². The molecule has 0 fully saturated rings. The number of likely N-dealkylation sites (N-methyl/N-ethyl adjacent to an activating group) is 1. The predicted octanol–water partition coefficient (Wildman–Crippen LogP) is 3.84. The SMILES string of the molecule is CCNC(CCN(CC)CC)Cc1ccc(F)c(Br)c1. The highest BCUT2D eigenvalue weighted by molar-refractivity contribution is 9.10. The number of hydrogen-bond donors (Lipinski definition) is 1. The molecule has 0 aliphatic heterocycles. The maximum atomic E-state index is 13.3. The van der Waals surface area contributed by atoms with E-state index in [2.05, 4.69) is 46.9 Å². The van der Waals surface area contributed by atoms with E-state index in [0.717, 1.165) is 39.0 Å². The van der Waals surface area contributed by atoms with Gasteiger partial charge in [0.15, 0.2) is 0 Å². The molecule has 0 radical (unpaired) electrons. The van der Waals surface area contributed by atoms with Gasteiger partial charge in [-0.3, -0.25) is 0 Å². The molecule has 0 spiro atoms. The Morgan fingerprint density at radius 1 is 1.25 bits per heavy atom. The molecule has 114 valence electrons. The number of hydrogen-bond acceptors (Lipinski definition) is 2. The van der Waals surface area contributed by atoms with Crippen molar-refractivity contribution in [3.63, 3.8) is 0 Å². The van der Waals surface area contributed by atoms with Gasteiger partial charge in [-0.15, -0.1) is 0 Å². The van der Waals surface area contributed by atoms with Crippen LogP contribution >= 0.6 is 15.9 Å². The van der Waals surface area contributed by atoms with Gasteiger partial charge in [0.1, 0.15) is 5.82 Å². The molecule has 1 atom stereocenters. The molecule has 1 aromatic rings. The smallest absolute Gasteiger partial charge is 0.137 e. The van der Waals surface area contributed by atoms with Crippen LogP contribution in [0.4, 0.5) is 4.39 Å². The Kier molecular flexibility index (Phi) is 8.34. The van der Waals surface area contributed by atoms with Crippen molar-refractivity contribution < 1.29 is 4.39 Å². The maximum Gasteiger partial charge on any atom is 0.137 e. The molecule has 1 rings (SSSR count). The molecule has 0 aliphatic rings. The molecule has 0 bridgehead atoms. The number of nitrogens with zero attached hydrogens (tertiary/aromatic N) is 1. The van der Waals surface area contributed by atoms with Gasteiger partial charge in [-0.25, -0.2) is 4.39 Å². The van der Waals surface area contributed by atoms with E-state index in [0.29, 0.717) is 10.5 Å².